The number of piperidine rings is 1. The Bertz CT molecular complexity index is 1470. The molecule has 5 rings (SSSR count). The normalized spacial score (nSPS) is 14.8. The SMILES string of the molecule is Cn1c(CN2CCC(c3cccc(OCc4ccc(Cl)cc4F)n3)CC2)nc2nc(Cl)c(C(=O)O)cc21. The zero-order valence-electron chi connectivity index (χ0n) is 20.0. The van der Waals surface area contributed by atoms with Crippen molar-refractivity contribution in [2.24, 2.45) is 7.05 Å². The molecule has 1 aliphatic heterocycles. The average molecular weight is 544 g/mol. The van der Waals surface area contributed by atoms with Crippen molar-refractivity contribution in [2.75, 3.05) is 13.1 Å². The molecule has 4 aromatic rings. The van der Waals surface area contributed by atoms with Crippen LogP contribution in [-0.2, 0) is 20.2 Å². The van der Waals surface area contributed by atoms with Crippen molar-refractivity contribution >= 4 is 40.3 Å². The maximum absolute atomic E-state index is 14.0. The van der Waals surface area contributed by atoms with E-state index in [-0.39, 0.29) is 23.2 Å². The van der Waals surface area contributed by atoms with Crippen LogP contribution in [0.15, 0.2) is 42.5 Å². The molecular weight excluding hydrogens is 520 g/mol. The maximum Gasteiger partial charge on any atom is 0.338 e. The molecule has 4 heterocycles. The number of likely N-dealkylation sites (tertiary alicyclic amines) is 1. The first kappa shape index (κ1) is 25.4. The van der Waals surface area contributed by atoms with Crippen molar-refractivity contribution < 1.29 is 19.0 Å². The molecule has 3 aromatic heterocycles. The van der Waals surface area contributed by atoms with Gasteiger partial charge in [0.2, 0.25) is 5.88 Å². The number of fused-ring (bicyclic) bond motifs is 1. The first-order chi connectivity index (χ1) is 17.8. The van der Waals surface area contributed by atoms with Crippen LogP contribution in [0.3, 0.4) is 0 Å². The summed E-state index contributed by atoms with van der Waals surface area (Å²) in [4.78, 5) is 27.1. The Morgan fingerprint density at radius 1 is 1.14 bits per heavy atom. The molecule has 11 heteroatoms. The molecular formula is C26H24Cl2FN5O3. The molecule has 0 atom stereocenters. The van der Waals surface area contributed by atoms with Gasteiger partial charge in [-0.1, -0.05) is 35.3 Å². The number of ether oxygens (including phenoxy) is 1. The highest BCUT2D eigenvalue weighted by molar-refractivity contribution is 6.32. The topological polar surface area (TPSA) is 93.4 Å². The van der Waals surface area contributed by atoms with Crippen molar-refractivity contribution in [3.05, 3.63) is 81.1 Å². The van der Waals surface area contributed by atoms with Gasteiger partial charge in [0.15, 0.2) is 5.65 Å². The number of hydrogen-bond acceptors (Lipinski definition) is 6. The number of carbonyl (C=O) groups is 1. The third-order valence-corrected chi connectivity index (χ3v) is 7.18. The number of aromatic carboxylic acids is 1. The number of carboxylic acid groups (broad SMARTS) is 1. The van der Waals surface area contributed by atoms with Gasteiger partial charge in [-0.05, 0) is 50.2 Å². The van der Waals surface area contributed by atoms with Crippen LogP contribution in [0.1, 0.15) is 46.2 Å². The first-order valence-electron chi connectivity index (χ1n) is 11.8. The second-order valence-electron chi connectivity index (χ2n) is 9.04. The van der Waals surface area contributed by atoms with Crippen LogP contribution in [0, 0.1) is 5.82 Å². The molecule has 1 aliphatic rings. The van der Waals surface area contributed by atoms with Crippen molar-refractivity contribution in [3.8, 4) is 5.88 Å². The minimum Gasteiger partial charge on any atom is -0.478 e. The van der Waals surface area contributed by atoms with Crippen molar-refractivity contribution in [2.45, 2.75) is 31.9 Å². The fourth-order valence-corrected chi connectivity index (χ4v) is 4.92. The first-order valence-corrected chi connectivity index (χ1v) is 12.5. The number of halogens is 3. The van der Waals surface area contributed by atoms with E-state index in [1.807, 2.05) is 23.7 Å². The Balaban J connectivity index is 1.21. The Morgan fingerprint density at radius 3 is 2.65 bits per heavy atom. The van der Waals surface area contributed by atoms with E-state index in [0.717, 1.165) is 37.4 Å². The van der Waals surface area contributed by atoms with Crippen LogP contribution in [0.5, 0.6) is 5.88 Å². The van der Waals surface area contributed by atoms with Crippen LogP contribution in [0.2, 0.25) is 10.2 Å². The lowest BCUT2D eigenvalue weighted by atomic mass is 9.93. The lowest BCUT2D eigenvalue weighted by molar-refractivity contribution is 0.0697. The standard InChI is InChI=1S/C26H24Cl2FN5O3/c1-33-21-12-18(26(35)36)24(28)32-25(21)31-22(33)13-34-9-7-15(8-10-34)20-3-2-4-23(30-20)37-14-16-5-6-17(27)11-19(16)29/h2-6,11-12,15H,7-10,13-14H2,1H3,(H,35,36). The van der Waals surface area contributed by atoms with Crippen molar-refractivity contribution in [3.63, 3.8) is 0 Å². The molecule has 1 saturated heterocycles. The third-order valence-electron chi connectivity index (χ3n) is 6.66. The van der Waals surface area contributed by atoms with Gasteiger partial charge in [0, 0.05) is 35.3 Å². The Morgan fingerprint density at radius 2 is 1.92 bits per heavy atom. The second kappa shape index (κ2) is 10.6. The van der Waals surface area contributed by atoms with Crippen LogP contribution in [0.25, 0.3) is 11.2 Å². The summed E-state index contributed by atoms with van der Waals surface area (Å²) in [5.41, 5.74) is 2.40. The fraction of sp³-hybridized carbons (Fsp3) is 0.308. The maximum atomic E-state index is 14.0. The Hall–Kier alpha value is -3.27. The summed E-state index contributed by atoms with van der Waals surface area (Å²) in [6.07, 6.45) is 1.83. The van der Waals surface area contributed by atoms with E-state index >= 15 is 0 Å². The summed E-state index contributed by atoms with van der Waals surface area (Å²) < 4.78 is 21.7. The van der Waals surface area contributed by atoms with Gasteiger partial charge in [0.05, 0.1) is 17.6 Å². The van der Waals surface area contributed by atoms with Gasteiger partial charge in [-0.15, -0.1) is 0 Å². The summed E-state index contributed by atoms with van der Waals surface area (Å²) in [6.45, 7) is 2.39. The highest BCUT2D eigenvalue weighted by atomic mass is 35.5. The molecule has 37 heavy (non-hydrogen) atoms. The fourth-order valence-electron chi connectivity index (χ4n) is 4.54. The van der Waals surface area contributed by atoms with Gasteiger partial charge in [-0.3, -0.25) is 4.90 Å². The molecule has 0 amide bonds. The highest BCUT2D eigenvalue weighted by Gasteiger charge is 2.24. The van der Waals surface area contributed by atoms with E-state index in [9.17, 15) is 14.3 Å². The van der Waals surface area contributed by atoms with Crippen molar-refractivity contribution in [1.29, 1.82) is 0 Å². The summed E-state index contributed by atoms with van der Waals surface area (Å²) >= 11 is 11.8. The number of pyridine rings is 2. The summed E-state index contributed by atoms with van der Waals surface area (Å²) in [6, 6.07) is 11.7. The number of benzene rings is 1. The van der Waals surface area contributed by atoms with Crippen LogP contribution < -0.4 is 4.74 Å². The zero-order valence-corrected chi connectivity index (χ0v) is 21.5. The Labute approximate surface area is 222 Å². The predicted octanol–water partition coefficient (Wildman–Crippen LogP) is 5.47. The summed E-state index contributed by atoms with van der Waals surface area (Å²) in [5, 5.41) is 9.60. The van der Waals surface area contributed by atoms with E-state index in [2.05, 4.69) is 19.9 Å². The lowest BCUT2D eigenvalue weighted by Gasteiger charge is -2.31. The van der Waals surface area contributed by atoms with Gasteiger partial charge in [-0.25, -0.2) is 24.1 Å². The quantitative estimate of drug-likeness (QED) is 0.309. The van der Waals surface area contributed by atoms with E-state index in [1.165, 1.54) is 12.1 Å². The molecule has 8 nitrogen and oxygen atoms in total. The molecule has 1 aromatic carbocycles. The van der Waals surface area contributed by atoms with Crippen LogP contribution in [0.4, 0.5) is 4.39 Å². The van der Waals surface area contributed by atoms with Gasteiger partial charge in [0.1, 0.15) is 23.4 Å². The molecule has 1 fully saturated rings. The number of aromatic nitrogens is 4. The molecule has 0 spiro atoms. The number of carboxylic acids is 1. The Kier molecular flexibility index (Phi) is 7.28. The summed E-state index contributed by atoms with van der Waals surface area (Å²) in [5.74, 6) is 0.0109. The smallest absolute Gasteiger partial charge is 0.338 e. The number of hydrogen-bond donors (Lipinski definition) is 1. The van der Waals surface area contributed by atoms with E-state index in [0.29, 0.717) is 34.2 Å². The molecule has 192 valence electrons. The minimum absolute atomic E-state index is 0.0402. The highest BCUT2D eigenvalue weighted by Crippen LogP contribution is 2.29. The van der Waals surface area contributed by atoms with Gasteiger partial charge in [-0.2, -0.15) is 0 Å². The third kappa shape index (κ3) is 5.53. The monoisotopic (exact) mass is 543 g/mol. The van der Waals surface area contributed by atoms with Gasteiger partial charge in [0.25, 0.3) is 0 Å². The molecule has 0 saturated carbocycles. The van der Waals surface area contributed by atoms with Gasteiger partial charge < -0.3 is 14.4 Å². The van der Waals surface area contributed by atoms with E-state index in [1.54, 1.807) is 18.2 Å². The van der Waals surface area contributed by atoms with Crippen molar-refractivity contribution in [1.82, 2.24) is 24.4 Å². The van der Waals surface area contributed by atoms with Crippen LogP contribution >= 0.6 is 23.2 Å². The number of imidazole rings is 1. The molecule has 0 aliphatic carbocycles. The molecule has 0 radical (unpaired) electrons. The second-order valence-corrected chi connectivity index (χ2v) is 9.83. The van der Waals surface area contributed by atoms with Gasteiger partial charge >= 0.3 is 5.97 Å². The number of aryl methyl sites for hydroxylation is 1. The van der Waals surface area contributed by atoms with Crippen LogP contribution in [-0.4, -0.2) is 48.6 Å². The largest absolute Gasteiger partial charge is 0.478 e. The number of rotatable bonds is 7. The average Bonchev–Trinajstić information content (AvgIpc) is 3.17. The lowest BCUT2D eigenvalue weighted by Crippen LogP contribution is -2.33. The molecule has 0 unspecified atom stereocenters. The van der Waals surface area contributed by atoms with E-state index < -0.39 is 11.8 Å². The number of nitrogens with zero attached hydrogens (tertiary/aromatic N) is 5. The molecule has 1 N–H and O–H groups in total. The zero-order chi connectivity index (χ0) is 26.1. The minimum atomic E-state index is -1.12. The predicted molar refractivity (Wildman–Crippen MR) is 138 cm³/mol. The summed E-state index contributed by atoms with van der Waals surface area (Å²) in [7, 11) is 1.85. The molecule has 0 bridgehead atoms. The van der Waals surface area contributed by atoms with E-state index in [4.69, 9.17) is 27.9 Å².